The summed E-state index contributed by atoms with van der Waals surface area (Å²) in [5.74, 6) is -0.189. The molecule has 0 bridgehead atoms. The lowest BCUT2D eigenvalue weighted by Gasteiger charge is -2.41. The maximum absolute atomic E-state index is 13.6. The van der Waals surface area contributed by atoms with Crippen LogP contribution in [-0.4, -0.2) is 34.8 Å². The predicted octanol–water partition coefficient (Wildman–Crippen LogP) is 4.01. The zero-order valence-electron chi connectivity index (χ0n) is 17.5. The minimum atomic E-state index is -0.434. The molecule has 0 unspecified atom stereocenters. The van der Waals surface area contributed by atoms with Crippen LogP contribution in [0.5, 0.6) is 5.75 Å². The summed E-state index contributed by atoms with van der Waals surface area (Å²) in [6, 6.07) is 6.99. The number of nitrogens with one attached hydrogen (secondary N) is 1. The average molecular weight is 395 g/mol. The van der Waals surface area contributed by atoms with Crippen LogP contribution in [0.15, 0.2) is 46.8 Å². The Labute approximate surface area is 172 Å². The maximum Gasteiger partial charge on any atom is 0.252 e. The standard InChI is InChI=1S/C24H30N2O3/c1-15-20(23(29)26-10-5-4-6-11-26)21(16-8-7-9-17(27)12-16)22-18(25-15)13-24(2,3)14-19(22)28/h7-9,12,21,25,27H,4-6,10-11,13-14H2,1-3H3/t21-/m1/s1. The van der Waals surface area contributed by atoms with Gasteiger partial charge in [0.05, 0.1) is 0 Å². The first kappa shape index (κ1) is 19.7. The number of hydrogen-bond donors (Lipinski definition) is 2. The third-order valence-electron chi connectivity index (χ3n) is 6.32. The Morgan fingerprint density at radius 1 is 1.17 bits per heavy atom. The van der Waals surface area contributed by atoms with Gasteiger partial charge in [0.2, 0.25) is 0 Å². The van der Waals surface area contributed by atoms with Crippen molar-refractivity contribution in [3.05, 3.63) is 52.4 Å². The average Bonchev–Trinajstić information content (AvgIpc) is 2.66. The molecule has 5 nitrogen and oxygen atoms in total. The predicted molar refractivity (Wildman–Crippen MR) is 112 cm³/mol. The van der Waals surface area contributed by atoms with E-state index in [4.69, 9.17) is 0 Å². The quantitative estimate of drug-likeness (QED) is 0.795. The van der Waals surface area contributed by atoms with E-state index in [1.807, 2.05) is 17.9 Å². The molecule has 0 aromatic heterocycles. The van der Waals surface area contributed by atoms with Crippen molar-refractivity contribution < 1.29 is 14.7 Å². The lowest BCUT2D eigenvalue weighted by molar-refractivity contribution is -0.128. The number of dihydropyridines is 1. The fourth-order valence-electron chi connectivity index (χ4n) is 5.02. The number of Topliss-reactive ketones (excluding diaryl/α,β-unsaturated/α-hetero) is 1. The van der Waals surface area contributed by atoms with Crippen LogP contribution in [0.4, 0.5) is 0 Å². The lowest BCUT2D eigenvalue weighted by atomic mass is 9.68. The van der Waals surface area contributed by atoms with Crippen molar-refractivity contribution in [2.24, 2.45) is 5.41 Å². The van der Waals surface area contributed by atoms with E-state index in [0.717, 1.165) is 55.7 Å². The molecule has 5 heteroatoms. The van der Waals surface area contributed by atoms with E-state index in [9.17, 15) is 14.7 Å². The first-order valence-corrected chi connectivity index (χ1v) is 10.6. The summed E-state index contributed by atoms with van der Waals surface area (Å²) in [5.41, 5.74) is 3.77. The Morgan fingerprint density at radius 3 is 2.59 bits per heavy atom. The number of likely N-dealkylation sites (tertiary alicyclic amines) is 1. The van der Waals surface area contributed by atoms with Gasteiger partial charge in [-0.2, -0.15) is 0 Å². The zero-order valence-corrected chi connectivity index (χ0v) is 17.5. The molecule has 154 valence electrons. The number of amides is 1. The van der Waals surface area contributed by atoms with Crippen LogP contribution in [0.3, 0.4) is 0 Å². The molecule has 1 aliphatic carbocycles. The molecule has 3 aliphatic rings. The number of piperidine rings is 1. The zero-order chi connectivity index (χ0) is 20.8. The van der Waals surface area contributed by atoms with Crippen LogP contribution in [0.2, 0.25) is 0 Å². The molecule has 1 saturated heterocycles. The van der Waals surface area contributed by atoms with E-state index < -0.39 is 5.92 Å². The van der Waals surface area contributed by atoms with Crippen LogP contribution >= 0.6 is 0 Å². The van der Waals surface area contributed by atoms with E-state index >= 15 is 0 Å². The molecule has 4 rings (SSSR count). The number of rotatable bonds is 2. The number of hydrogen-bond acceptors (Lipinski definition) is 4. The molecule has 1 fully saturated rings. The van der Waals surface area contributed by atoms with Crippen LogP contribution in [0, 0.1) is 5.41 Å². The van der Waals surface area contributed by atoms with Gasteiger partial charge >= 0.3 is 0 Å². The molecular weight excluding hydrogens is 364 g/mol. The highest BCUT2D eigenvalue weighted by Gasteiger charge is 2.43. The summed E-state index contributed by atoms with van der Waals surface area (Å²) in [4.78, 5) is 28.7. The van der Waals surface area contributed by atoms with Crippen LogP contribution < -0.4 is 5.32 Å². The Bertz CT molecular complexity index is 920. The van der Waals surface area contributed by atoms with Gasteiger partial charge in [0, 0.05) is 48.0 Å². The Kier molecular flexibility index (Phi) is 5.01. The minimum Gasteiger partial charge on any atom is -0.508 e. The third-order valence-corrected chi connectivity index (χ3v) is 6.32. The highest BCUT2D eigenvalue weighted by Crippen LogP contribution is 2.47. The van der Waals surface area contributed by atoms with Crippen molar-refractivity contribution in [3.63, 3.8) is 0 Å². The Morgan fingerprint density at radius 2 is 1.90 bits per heavy atom. The molecule has 0 spiro atoms. The first-order valence-electron chi connectivity index (χ1n) is 10.6. The molecule has 29 heavy (non-hydrogen) atoms. The van der Waals surface area contributed by atoms with Gasteiger partial charge in [-0.25, -0.2) is 0 Å². The molecule has 0 radical (unpaired) electrons. The summed E-state index contributed by atoms with van der Waals surface area (Å²) in [6.07, 6.45) is 4.42. The summed E-state index contributed by atoms with van der Waals surface area (Å²) in [6.45, 7) is 7.66. The molecule has 1 atom stereocenters. The molecule has 2 aliphatic heterocycles. The van der Waals surface area contributed by atoms with E-state index in [0.29, 0.717) is 17.6 Å². The molecule has 2 heterocycles. The normalized spacial score (nSPS) is 24.3. The summed E-state index contributed by atoms with van der Waals surface area (Å²) >= 11 is 0. The number of nitrogens with zero attached hydrogens (tertiary/aromatic N) is 1. The first-order chi connectivity index (χ1) is 13.8. The Hall–Kier alpha value is -2.56. The number of ketones is 1. The van der Waals surface area contributed by atoms with Gasteiger partial charge in [0.1, 0.15) is 5.75 Å². The fraction of sp³-hybridized carbons (Fsp3) is 0.500. The van der Waals surface area contributed by atoms with Crippen LogP contribution in [0.1, 0.15) is 64.4 Å². The lowest BCUT2D eigenvalue weighted by Crippen LogP contribution is -2.43. The summed E-state index contributed by atoms with van der Waals surface area (Å²) < 4.78 is 0. The van der Waals surface area contributed by atoms with E-state index in [-0.39, 0.29) is 22.9 Å². The number of allylic oxidation sites excluding steroid dienone is 3. The van der Waals surface area contributed by atoms with Crippen LogP contribution in [0.25, 0.3) is 0 Å². The second-order valence-corrected chi connectivity index (χ2v) is 9.38. The van der Waals surface area contributed by atoms with Gasteiger partial charge in [-0.05, 0) is 55.7 Å². The number of carbonyl (C=O) groups excluding carboxylic acids is 2. The highest BCUT2D eigenvalue weighted by molar-refractivity contribution is 6.05. The van der Waals surface area contributed by atoms with E-state index in [1.54, 1.807) is 18.2 Å². The van der Waals surface area contributed by atoms with Gasteiger partial charge in [0.25, 0.3) is 5.91 Å². The number of phenols is 1. The largest absolute Gasteiger partial charge is 0.508 e. The minimum absolute atomic E-state index is 0.00669. The fourth-order valence-corrected chi connectivity index (χ4v) is 5.02. The van der Waals surface area contributed by atoms with Gasteiger partial charge in [-0.3, -0.25) is 9.59 Å². The molecule has 1 amide bonds. The van der Waals surface area contributed by atoms with Crippen molar-refractivity contribution in [2.45, 2.75) is 58.8 Å². The monoisotopic (exact) mass is 394 g/mol. The van der Waals surface area contributed by atoms with Crippen molar-refractivity contribution in [1.29, 1.82) is 0 Å². The molecule has 0 saturated carbocycles. The van der Waals surface area contributed by atoms with Gasteiger partial charge in [-0.15, -0.1) is 0 Å². The van der Waals surface area contributed by atoms with Crippen molar-refractivity contribution in [3.8, 4) is 5.75 Å². The second-order valence-electron chi connectivity index (χ2n) is 9.38. The molecular formula is C24H30N2O3. The Balaban J connectivity index is 1.83. The third kappa shape index (κ3) is 3.70. The molecule has 1 aromatic rings. The van der Waals surface area contributed by atoms with Crippen molar-refractivity contribution in [1.82, 2.24) is 10.2 Å². The smallest absolute Gasteiger partial charge is 0.252 e. The maximum atomic E-state index is 13.6. The second kappa shape index (κ2) is 7.36. The number of carbonyl (C=O) groups is 2. The van der Waals surface area contributed by atoms with Crippen molar-refractivity contribution >= 4 is 11.7 Å². The topological polar surface area (TPSA) is 69.6 Å². The van der Waals surface area contributed by atoms with Gasteiger partial charge < -0.3 is 15.3 Å². The summed E-state index contributed by atoms with van der Waals surface area (Å²) in [5, 5.41) is 13.5. The van der Waals surface area contributed by atoms with Crippen LogP contribution in [-0.2, 0) is 9.59 Å². The number of benzene rings is 1. The molecule has 1 aromatic carbocycles. The number of aromatic hydroxyl groups is 1. The summed E-state index contributed by atoms with van der Waals surface area (Å²) in [7, 11) is 0. The van der Waals surface area contributed by atoms with Gasteiger partial charge in [0.15, 0.2) is 5.78 Å². The highest BCUT2D eigenvalue weighted by atomic mass is 16.3. The molecule has 2 N–H and O–H groups in total. The SMILES string of the molecule is CC1=C(C(=O)N2CCCCC2)[C@@H](c2cccc(O)c2)C2=C(CC(C)(C)CC2=O)N1. The van der Waals surface area contributed by atoms with Crippen molar-refractivity contribution in [2.75, 3.05) is 13.1 Å². The van der Waals surface area contributed by atoms with E-state index in [1.165, 1.54) is 0 Å². The number of phenolic OH excluding ortho intramolecular Hbond substituents is 1. The van der Waals surface area contributed by atoms with Gasteiger partial charge in [-0.1, -0.05) is 26.0 Å². The van der Waals surface area contributed by atoms with E-state index in [2.05, 4.69) is 19.2 Å².